The van der Waals surface area contributed by atoms with Crippen LogP contribution in [0.3, 0.4) is 0 Å². The molecule has 1 aliphatic carbocycles. The van der Waals surface area contributed by atoms with E-state index < -0.39 is 23.9 Å². The lowest BCUT2D eigenvalue weighted by Gasteiger charge is -2.20. The molecule has 0 radical (unpaired) electrons. The third-order valence-electron chi connectivity index (χ3n) is 3.62. The Hall–Kier alpha value is -2.01. The number of alkyl halides is 3. The van der Waals surface area contributed by atoms with Crippen LogP contribution in [0.4, 0.5) is 13.2 Å². The van der Waals surface area contributed by atoms with Crippen molar-refractivity contribution in [3.8, 4) is 5.75 Å². The van der Waals surface area contributed by atoms with Crippen LogP contribution in [0, 0.1) is 0 Å². The summed E-state index contributed by atoms with van der Waals surface area (Å²) < 4.78 is 44.3. The minimum absolute atomic E-state index is 0.248. The van der Waals surface area contributed by atoms with Gasteiger partial charge in [0.05, 0.1) is 5.56 Å². The first kappa shape index (κ1) is 13.9. The average molecular weight is 294 g/mol. The number of hydrogen-bond donors (Lipinski definition) is 1. The van der Waals surface area contributed by atoms with E-state index in [0.717, 1.165) is 11.6 Å². The summed E-state index contributed by atoms with van der Waals surface area (Å²) in [5, 5.41) is 10.2. The van der Waals surface area contributed by atoms with E-state index in [0.29, 0.717) is 12.0 Å². The Kier molecular flexibility index (Phi) is 3.37. The molecule has 0 spiro atoms. The average Bonchev–Trinajstić information content (AvgIpc) is 2.76. The Morgan fingerprint density at radius 1 is 1.00 bits per heavy atom. The Morgan fingerprint density at radius 2 is 1.67 bits per heavy atom. The highest BCUT2D eigenvalue weighted by molar-refractivity contribution is 5.39. The molecule has 2 nitrogen and oxygen atoms in total. The van der Waals surface area contributed by atoms with Crippen LogP contribution in [0.2, 0.25) is 0 Å². The standard InChI is InChI=1S/C16H13F3O2/c17-16(18,19)12-7-3-4-8-13(12)21-14-9-10-5-1-2-6-11(10)15(14)20/h1-8,14-15,20H,9H2. The van der Waals surface area contributed by atoms with Crippen molar-refractivity contribution in [3.05, 3.63) is 65.2 Å². The zero-order valence-electron chi connectivity index (χ0n) is 11.0. The number of aliphatic hydroxyl groups is 1. The van der Waals surface area contributed by atoms with E-state index in [1.54, 1.807) is 12.1 Å². The highest BCUT2D eigenvalue weighted by Gasteiger charge is 2.37. The van der Waals surface area contributed by atoms with Crippen molar-refractivity contribution >= 4 is 0 Å². The number of hydrogen-bond acceptors (Lipinski definition) is 2. The normalized spacial score (nSPS) is 21.1. The molecule has 0 bridgehead atoms. The molecule has 21 heavy (non-hydrogen) atoms. The third-order valence-corrected chi connectivity index (χ3v) is 3.62. The zero-order chi connectivity index (χ0) is 15.0. The van der Waals surface area contributed by atoms with Gasteiger partial charge in [-0.2, -0.15) is 13.2 Å². The summed E-state index contributed by atoms with van der Waals surface area (Å²) in [6.45, 7) is 0. The number of para-hydroxylation sites is 1. The van der Waals surface area contributed by atoms with Crippen molar-refractivity contribution in [3.63, 3.8) is 0 Å². The van der Waals surface area contributed by atoms with Crippen molar-refractivity contribution in [2.75, 3.05) is 0 Å². The highest BCUT2D eigenvalue weighted by atomic mass is 19.4. The van der Waals surface area contributed by atoms with Gasteiger partial charge in [-0.25, -0.2) is 0 Å². The summed E-state index contributed by atoms with van der Waals surface area (Å²) in [6.07, 6.45) is -5.70. The topological polar surface area (TPSA) is 29.5 Å². The van der Waals surface area contributed by atoms with Gasteiger partial charge in [0.2, 0.25) is 0 Å². The van der Waals surface area contributed by atoms with Crippen LogP contribution in [-0.2, 0) is 12.6 Å². The van der Waals surface area contributed by atoms with Crippen LogP contribution in [0.25, 0.3) is 0 Å². The molecular formula is C16H13F3O2. The van der Waals surface area contributed by atoms with E-state index >= 15 is 0 Å². The van der Waals surface area contributed by atoms with Gasteiger partial charge in [0, 0.05) is 6.42 Å². The Labute approximate surface area is 119 Å². The largest absolute Gasteiger partial charge is 0.486 e. The Balaban J connectivity index is 1.87. The van der Waals surface area contributed by atoms with Gasteiger partial charge >= 0.3 is 6.18 Å². The second-order valence-corrected chi connectivity index (χ2v) is 5.00. The summed E-state index contributed by atoms with van der Waals surface area (Å²) in [6, 6.07) is 12.3. The summed E-state index contributed by atoms with van der Waals surface area (Å²) >= 11 is 0. The minimum atomic E-state index is -4.48. The van der Waals surface area contributed by atoms with E-state index in [4.69, 9.17) is 4.74 Å². The molecule has 0 fully saturated rings. The van der Waals surface area contributed by atoms with Crippen LogP contribution in [0.1, 0.15) is 22.8 Å². The molecule has 0 saturated carbocycles. The smallest absolute Gasteiger partial charge is 0.419 e. The number of halogens is 3. The number of rotatable bonds is 2. The van der Waals surface area contributed by atoms with E-state index in [-0.39, 0.29) is 5.75 Å². The van der Waals surface area contributed by atoms with Crippen LogP contribution in [0.5, 0.6) is 5.75 Å². The molecule has 0 amide bonds. The van der Waals surface area contributed by atoms with Gasteiger partial charge in [0.25, 0.3) is 0 Å². The van der Waals surface area contributed by atoms with Gasteiger partial charge in [-0.05, 0) is 23.3 Å². The predicted molar refractivity (Wildman–Crippen MR) is 71.0 cm³/mol. The molecule has 3 rings (SSSR count). The van der Waals surface area contributed by atoms with E-state index in [1.807, 2.05) is 12.1 Å². The second-order valence-electron chi connectivity index (χ2n) is 5.00. The molecule has 1 N–H and O–H groups in total. The fraction of sp³-hybridized carbons (Fsp3) is 0.250. The maximum absolute atomic E-state index is 12.9. The third kappa shape index (κ3) is 2.61. The van der Waals surface area contributed by atoms with Crippen molar-refractivity contribution in [2.45, 2.75) is 24.8 Å². The van der Waals surface area contributed by atoms with Gasteiger partial charge in [-0.3, -0.25) is 0 Å². The van der Waals surface area contributed by atoms with Crippen molar-refractivity contribution < 1.29 is 23.0 Å². The number of benzene rings is 2. The maximum atomic E-state index is 12.9. The maximum Gasteiger partial charge on any atom is 0.419 e. The van der Waals surface area contributed by atoms with Gasteiger partial charge in [-0.15, -0.1) is 0 Å². The van der Waals surface area contributed by atoms with Gasteiger partial charge < -0.3 is 9.84 Å². The molecule has 5 heteroatoms. The fourth-order valence-corrected chi connectivity index (χ4v) is 2.61. The Morgan fingerprint density at radius 3 is 2.38 bits per heavy atom. The molecule has 2 unspecified atom stereocenters. The van der Waals surface area contributed by atoms with Gasteiger partial charge in [0.1, 0.15) is 18.0 Å². The van der Waals surface area contributed by atoms with E-state index in [2.05, 4.69) is 0 Å². The minimum Gasteiger partial charge on any atom is -0.486 e. The Bertz CT molecular complexity index is 652. The second kappa shape index (κ2) is 5.07. The molecule has 2 aromatic carbocycles. The molecule has 0 saturated heterocycles. The lowest BCUT2D eigenvalue weighted by molar-refractivity contribution is -0.139. The lowest BCUT2D eigenvalue weighted by Crippen LogP contribution is -2.23. The van der Waals surface area contributed by atoms with Gasteiger partial charge in [0.15, 0.2) is 0 Å². The molecule has 110 valence electrons. The SMILES string of the molecule is OC1c2ccccc2CC1Oc1ccccc1C(F)(F)F. The number of ether oxygens (including phenoxy) is 1. The van der Waals surface area contributed by atoms with Crippen LogP contribution >= 0.6 is 0 Å². The summed E-state index contributed by atoms with van der Waals surface area (Å²) in [5.41, 5.74) is 0.791. The predicted octanol–water partition coefficient (Wildman–Crippen LogP) is 3.74. The quantitative estimate of drug-likeness (QED) is 0.914. The van der Waals surface area contributed by atoms with Crippen molar-refractivity contribution in [1.82, 2.24) is 0 Å². The first-order valence-corrected chi connectivity index (χ1v) is 6.55. The molecule has 0 heterocycles. The zero-order valence-corrected chi connectivity index (χ0v) is 11.0. The molecule has 0 aromatic heterocycles. The monoisotopic (exact) mass is 294 g/mol. The van der Waals surface area contributed by atoms with Crippen LogP contribution < -0.4 is 4.74 Å². The molecule has 1 aliphatic rings. The molecular weight excluding hydrogens is 281 g/mol. The summed E-state index contributed by atoms with van der Waals surface area (Å²) in [5.74, 6) is -0.248. The first-order chi connectivity index (χ1) is 9.97. The van der Waals surface area contributed by atoms with Gasteiger partial charge in [-0.1, -0.05) is 36.4 Å². The highest BCUT2D eigenvalue weighted by Crippen LogP contribution is 2.39. The van der Waals surface area contributed by atoms with Crippen molar-refractivity contribution in [1.29, 1.82) is 0 Å². The number of fused-ring (bicyclic) bond motifs is 1. The molecule has 2 aromatic rings. The molecule has 2 atom stereocenters. The first-order valence-electron chi connectivity index (χ1n) is 6.55. The van der Waals surface area contributed by atoms with Crippen molar-refractivity contribution in [2.24, 2.45) is 0 Å². The molecule has 0 aliphatic heterocycles. The van der Waals surface area contributed by atoms with E-state index in [9.17, 15) is 18.3 Å². The summed E-state index contributed by atoms with van der Waals surface area (Å²) in [7, 11) is 0. The summed E-state index contributed by atoms with van der Waals surface area (Å²) in [4.78, 5) is 0. The van der Waals surface area contributed by atoms with Crippen LogP contribution in [0.15, 0.2) is 48.5 Å². The lowest BCUT2D eigenvalue weighted by atomic mass is 10.1. The van der Waals surface area contributed by atoms with Crippen LogP contribution in [-0.4, -0.2) is 11.2 Å². The van der Waals surface area contributed by atoms with E-state index in [1.165, 1.54) is 18.2 Å². The fourth-order valence-electron chi connectivity index (χ4n) is 2.61. The number of aliphatic hydroxyl groups excluding tert-OH is 1.